The molecule has 0 radical (unpaired) electrons. The minimum Gasteiger partial charge on any atom is -0.338 e. The lowest BCUT2D eigenvalue weighted by atomic mass is 10.0. The number of rotatable bonds is 4. The highest BCUT2D eigenvalue weighted by Gasteiger charge is 2.52. The van der Waals surface area contributed by atoms with E-state index in [0.717, 1.165) is 28.8 Å². The number of nitrogens with zero attached hydrogens (tertiary/aromatic N) is 4. The Hall–Kier alpha value is -1.27. The molecular weight excluding hydrogens is 320 g/mol. The lowest BCUT2D eigenvalue weighted by Crippen LogP contribution is -2.18. The molecule has 2 heterocycles. The standard InChI is InChI=1S/C14H17BrN4O/c1-9(19(2)3)12-17-13(18-20-12)14(6-7-14)11-10(15)5-4-8-16-11/h4-5,8-9H,6-7H2,1-3H3/t9-/m0/s1. The fourth-order valence-electron chi connectivity index (χ4n) is 2.25. The van der Waals surface area contributed by atoms with Gasteiger partial charge in [-0.05, 0) is 61.9 Å². The van der Waals surface area contributed by atoms with Crippen LogP contribution in [0.3, 0.4) is 0 Å². The van der Waals surface area contributed by atoms with Crippen LogP contribution in [0.5, 0.6) is 0 Å². The van der Waals surface area contributed by atoms with Gasteiger partial charge in [-0.1, -0.05) is 5.16 Å². The molecule has 0 saturated heterocycles. The number of pyridine rings is 1. The normalized spacial score (nSPS) is 18.2. The van der Waals surface area contributed by atoms with Crippen LogP contribution in [-0.2, 0) is 5.41 Å². The summed E-state index contributed by atoms with van der Waals surface area (Å²) in [6, 6.07) is 4.03. The van der Waals surface area contributed by atoms with Gasteiger partial charge < -0.3 is 4.52 Å². The number of halogens is 1. The highest BCUT2D eigenvalue weighted by atomic mass is 79.9. The predicted octanol–water partition coefficient (Wildman–Crippen LogP) is 2.93. The first-order valence-electron chi connectivity index (χ1n) is 6.66. The maximum atomic E-state index is 5.43. The van der Waals surface area contributed by atoms with Crippen LogP contribution in [0.25, 0.3) is 0 Å². The molecule has 1 fully saturated rings. The van der Waals surface area contributed by atoms with Crippen molar-refractivity contribution in [1.29, 1.82) is 0 Å². The highest BCUT2D eigenvalue weighted by molar-refractivity contribution is 9.10. The van der Waals surface area contributed by atoms with Gasteiger partial charge in [-0.2, -0.15) is 4.98 Å². The second kappa shape index (κ2) is 4.93. The minimum absolute atomic E-state index is 0.110. The molecule has 5 nitrogen and oxygen atoms in total. The van der Waals surface area contributed by atoms with Crippen LogP contribution in [0.2, 0.25) is 0 Å². The van der Waals surface area contributed by atoms with E-state index in [4.69, 9.17) is 4.52 Å². The van der Waals surface area contributed by atoms with E-state index in [1.807, 2.05) is 44.2 Å². The van der Waals surface area contributed by atoms with Gasteiger partial charge in [0.05, 0.1) is 17.2 Å². The van der Waals surface area contributed by atoms with Gasteiger partial charge in [0.25, 0.3) is 0 Å². The van der Waals surface area contributed by atoms with E-state index in [0.29, 0.717) is 5.89 Å². The van der Waals surface area contributed by atoms with Crippen molar-refractivity contribution in [3.8, 4) is 0 Å². The Morgan fingerprint density at radius 2 is 2.15 bits per heavy atom. The van der Waals surface area contributed by atoms with E-state index in [9.17, 15) is 0 Å². The quantitative estimate of drug-likeness (QED) is 0.859. The Morgan fingerprint density at radius 1 is 1.40 bits per heavy atom. The molecule has 6 heteroatoms. The summed E-state index contributed by atoms with van der Waals surface area (Å²) in [5.74, 6) is 1.41. The van der Waals surface area contributed by atoms with Gasteiger partial charge in [0.2, 0.25) is 5.89 Å². The van der Waals surface area contributed by atoms with Gasteiger partial charge in [0, 0.05) is 10.7 Å². The lowest BCUT2D eigenvalue weighted by Gasteiger charge is -2.15. The van der Waals surface area contributed by atoms with Crippen LogP contribution in [-0.4, -0.2) is 34.1 Å². The zero-order valence-electron chi connectivity index (χ0n) is 11.8. The molecule has 0 bridgehead atoms. The number of aromatic nitrogens is 3. The predicted molar refractivity (Wildman–Crippen MR) is 78.4 cm³/mol. The van der Waals surface area contributed by atoms with E-state index < -0.39 is 0 Å². The second-order valence-corrected chi connectivity index (χ2v) is 6.37. The molecule has 2 aromatic heterocycles. The molecule has 106 valence electrons. The number of hydrogen-bond acceptors (Lipinski definition) is 5. The summed E-state index contributed by atoms with van der Waals surface area (Å²) in [5.41, 5.74) is 0.832. The van der Waals surface area contributed by atoms with Crippen LogP contribution in [0.1, 0.15) is 43.2 Å². The third kappa shape index (κ3) is 2.16. The zero-order chi connectivity index (χ0) is 14.3. The fourth-order valence-corrected chi connectivity index (χ4v) is 2.88. The molecule has 1 atom stereocenters. The third-order valence-electron chi connectivity index (χ3n) is 3.96. The van der Waals surface area contributed by atoms with Crippen LogP contribution >= 0.6 is 15.9 Å². The Morgan fingerprint density at radius 3 is 2.75 bits per heavy atom. The monoisotopic (exact) mass is 336 g/mol. The van der Waals surface area contributed by atoms with Crippen molar-refractivity contribution in [3.05, 3.63) is 40.2 Å². The first-order chi connectivity index (χ1) is 9.54. The topological polar surface area (TPSA) is 55.1 Å². The summed E-state index contributed by atoms with van der Waals surface area (Å²) >= 11 is 3.57. The Balaban J connectivity index is 1.96. The summed E-state index contributed by atoms with van der Waals surface area (Å²) in [7, 11) is 3.99. The van der Waals surface area contributed by atoms with Gasteiger partial charge >= 0.3 is 0 Å². The summed E-state index contributed by atoms with van der Waals surface area (Å²) in [6.45, 7) is 2.05. The van der Waals surface area contributed by atoms with Crippen LogP contribution in [0.4, 0.5) is 0 Å². The Bertz CT molecular complexity index is 621. The molecule has 3 rings (SSSR count). The molecule has 1 saturated carbocycles. The number of hydrogen-bond donors (Lipinski definition) is 0. The SMILES string of the molecule is C[C@@H](c1nc(C2(c3ncccc3Br)CC2)no1)N(C)C. The van der Waals surface area contributed by atoms with Gasteiger partial charge in [0.1, 0.15) is 0 Å². The molecule has 0 N–H and O–H groups in total. The molecule has 0 aromatic carbocycles. The molecule has 20 heavy (non-hydrogen) atoms. The van der Waals surface area contributed by atoms with Crippen LogP contribution < -0.4 is 0 Å². The summed E-state index contributed by atoms with van der Waals surface area (Å²) < 4.78 is 6.43. The van der Waals surface area contributed by atoms with Gasteiger partial charge in [-0.25, -0.2) is 0 Å². The van der Waals surface area contributed by atoms with E-state index in [-0.39, 0.29) is 11.5 Å². The molecule has 2 aromatic rings. The summed E-state index contributed by atoms with van der Waals surface area (Å²) in [4.78, 5) is 11.2. The largest absolute Gasteiger partial charge is 0.338 e. The van der Waals surface area contributed by atoms with Crippen molar-refractivity contribution in [2.75, 3.05) is 14.1 Å². The van der Waals surface area contributed by atoms with Gasteiger partial charge in [0.15, 0.2) is 5.82 Å². The van der Waals surface area contributed by atoms with Gasteiger partial charge in [-0.3, -0.25) is 9.88 Å². The zero-order valence-corrected chi connectivity index (χ0v) is 13.4. The van der Waals surface area contributed by atoms with E-state index in [1.54, 1.807) is 0 Å². The Labute approximate surface area is 126 Å². The average molecular weight is 337 g/mol. The van der Waals surface area contributed by atoms with E-state index in [2.05, 4.69) is 31.1 Å². The maximum absolute atomic E-state index is 5.43. The average Bonchev–Trinajstić information content (AvgIpc) is 3.08. The smallest absolute Gasteiger partial charge is 0.243 e. The lowest BCUT2D eigenvalue weighted by molar-refractivity contribution is 0.244. The second-order valence-electron chi connectivity index (χ2n) is 5.51. The van der Waals surface area contributed by atoms with Crippen molar-refractivity contribution >= 4 is 15.9 Å². The van der Waals surface area contributed by atoms with Crippen molar-refractivity contribution in [3.63, 3.8) is 0 Å². The molecule has 0 unspecified atom stereocenters. The van der Waals surface area contributed by atoms with E-state index >= 15 is 0 Å². The Kier molecular flexibility index (Phi) is 3.38. The van der Waals surface area contributed by atoms with Crippen molar-refractivity contribution in [2.24, 2.45) is 0 Å². The molecular formula is C14H17BrN4O. The molecule has 1 aliphatic rings. The molecule has 0 aliphatic heterocycles. The van der Waals surface area contributed by atoms with Crippen LogP contribution in [0, 0.1) is 0 Å². The van der Waals surface area contributed by atoms with Crippen molar-refractivity contribution < 1.29 is 4.52 Å². The molecule has 0 amide bonds. The van der Waals surface area contributed by atoms with E-state index in [1.165, 1.54) is 0 Å². The fraction of sp³-hybridized carbons (Fsp3) is 0.500. The van der Waals surface area contributed by atoms with Gasteiger partial charge in [-0.15, -0.1) is 0 Å². The maximum Gasteiger partial charge on any atom is 0.243 e. The summed E-state index contributed by atoms with van der Waals surface area (Å²) in [6.07, 6.45) is 3.83. The van der Waals surface area contributed by atoms with Crippen molar-refractivity contribution in [2.45, 2.75) is 31.2 Å². The van der Waals surface area contributed by atoms with Crippen LogP contribution in [0.15, 0.2) is 27.3 Å². The molecule has 0 spiro atoms. The first kappa shape index (κ1) is 13.7. The van der Waals surface area contributed by atoms with Crippen molar-refractivity contribution in [1.82, 2.24) is 20.0 Å². The first-order valence-corrected chi connectivity index (χ1v) is 7.45. The third-order valence-corrected chi connectivity index (χ3v) is 4.60. The summed E-state index contributed by atoms with van der Waals surface area (Å²) in [5, 5.41) is 4.20. The molecule has 1 aliphatic carbocycles. The highest BCUT2D eigenvalue weighted by Crippen LogP contribution is 2.53. The minimum atomic E-state index is -0.173.